The highest BCUT2D eigenvalue weighted by Gasteiger charge is 2.18. The zero-order valence-corrected chi connectivity index (χ0v) is 14.2. The molecule has 0 fully saturated rings. The van der Waals surface area contributed by atoms with Crippen LogP contribution in [-0.4, -0.2) is 27.3 Å². The Labute approximate surface area is 150 Å². The first-order valence-corrected chi connectivity index (χ1v) is 8.12. The predicted octanol–water partition coefficient (Wildman–Crippen LogP) is 3.68. The van der Waals surface area contributed by atoms with E-state index in [9.17, 15) is 14.9 Å². The van der Waals surface area contributed by atoms with Crippen molar-refractivity contribution < 1.29 is 14.5 Å². The first kappa shape index (κ1) is 17.3. The maximum Gasteiger partial charge on any atom is 0.356 e. The van der Waals surface area contributed by atoms with Crippen molar-refractivity contribution in [2.75, 3.05) is 6.61 Å². The molecule has 0 aliphatic carbocycles. The van der Waals surface area contributed by atoms with E-state index in [2.05, 4.69) is 5.10 Å². The van der Waals surface area contributed by atoms with Crippen LogP contribution in [0.2, 0.25) is 0 Å². The molecule has 0 bridgehead atoms. The van der Waals surface area contributed by atoms with E-state index in [1.54, 1.807) is 29.8 Å². The standard InChI is InChI=1S/C19H17N3O4/c1-2-26-19(23)18-12-17(15-6-4-3-5-7-15)20-21(18)13-14-8-10-16(11-9-14)22(24)25/h3-12H,2,13H2,1H3. The number of hydrogen-bond acceptors (Lipinski definition) is 5. The lowest BCUT2D eigenvalue weighted by Crippen LogP contribution is -2.14. The third-order valence-electron chi connectivity index (χ3n) is 3.81. The van der Waals surface area contributed by atoms with Crippen LogP contribution in [0.5, 0.6) is 0 Å². The van der Waals surface area contributed by atoms with Crippen LogP contribution >= 0.6 is 0 Å². The summed E-state index contributed by atoms with van der Waals surface area (Å²) in [4.78, 5) is 22.6. The van der Waals surface area contributed by atoms with E-state index in [-0.39, 0.29) is 12.3 Å². The van der Waals surface area contributed by atoms with Crippen LogP contribution in [0.4, 0.5) is 5.69 Å². The minimum atomic E-state index is -0.455. The Bertz CT molecular complexity index is 918. The molecule has 26 heavy (non-hydrogen) atoms. The Morgan fingerprint density at radius 3 is 2.46 bits per heavy atom. The molecule has 0 atom stereocenters. The van der Waals surface area contributed by atoms with Crippen molar-refractivity contribution in [2.24, 2.45) is 0 Å². The van der Waals surface area contributed by atoms with Crippen molar-refractivity contribution in [3.63, 3.8) is 0 Å². The normalized spacial score (nSPS) is 10.5. The number of nitro benzene ring substituents is 1. The van der Waals surface area contributed by atoms with Crippen LogP contribution in [-0.2, 0) is 11.3 Å². The molecule has 1 aromatic heterocycles. The molecule has 0 aliphatic rings. The lowest BCUT2D eigenvalue weighted by molar-refractivity contribution is -0.384. The average Bonchev–Trinajstić information content (AvgIpc) is 3.07. The smallest absolute Gasteiger partial charge is 0.356 e. The third kappa shape index (κ3) is 3.77. The molecule has 3 rings (SSSR count). The molecule has 0 amide bonds. The third-order valence-corrected chi connectivity index (χ3v) is 3.81. The first-order chi connectivity index (χ1) is 12.6. The summed E-state index contributed by atoms with van der Waals surface area (Å²) in [6.45, 7) is 2.31. The zero-order chi connectivity index (χ0) is 18.5. The Hall–Kier alpha value is -3.48. The first-order valence-electron chi connectivity index (χ1n) is 8.12. The Morgan fingerprint density at radius 2 is 1.85 bits per heavy atom. The average molecular weight is 351 g/mol. The number of non-ortho nitro benzene ring substituents is 1. The molecule has 3 aromatic rings. The van der Waals surface area contributed by atoms with Crippen LogP contribution < -0.4 is 0 Å². The predicted molar refractivity (Wildman–Crippen MR) is 95.8 cm³/mol. The molecule has 0 N–H and O–H groups in total. The van der Waals surface area contributed by atoms with Gasteiger partial charge in [-0.1, -0.05) is 42.5 Å². The van der Waals surface area contributed by atoms with Crippen molar-refractivity contribution >= 4 is 11.7 Å². The maximum atomic E-state index is 12.3. The number of ether oxygens (including phenoxy) is 1. The second-order valence-electron chi connectivity index (χ2n) is 5.58. The quantitative estimate of drug-likeness (QED) is 0.384. The van der Waals surface area contributed by atoms with Gasteiger partial charge in [0.15, 0.2) is 0 Å². The summed E-state index contributed by atoms with van der Waals surface area (Å²) in [6.07, 6.45) is 0. The zero-order valence-electron chi connectivity index (χ0n) is 14.2. The molecular weight excluding hydrogens is 334 g/mol. The van der Waals surface area contributed by atoms with Crippen LogP contribution in [0.3, 0.4) is 0 Å². The highest BCUT2D eigenvalue weighted by molar-refractivity contribution is 5.89. The summed E-state index contributed by atoms with van der Waals surface area (Å²) >= 11 is 0. The number of carbonyl (C=O) groups excluding carboxylic acids is 1. The van der Waals surface area contributed by atoms with E-state index >= 15 is 0 Å². The Kier molecular flexibility index (Phi) is 5.07. The summed E-state index contributed by atoms with van der Waals surface area (Å²) in [5, 5.41) is 15.3. The van der Waals surface area contributed by atoms with Crippen molar-refractivity contribution in [3.8, 4) is 11.3 Å². The van der Waals surface area contributed by atoms with Crippen molar-refractivity contribution in [1.29, 1.82) is 0 Å². The van der Waals surface area contributed by atoms with Gasteiger partial charge in [-0.15, -0.1) is 0 Å². The van der Waals surface area contributed by atoms with E-state index in [1.165, 1.54) is 12.1 Å². The fraction of sp³-hybridized carbons (Fsp3) is 0.158. The van der Waals surface area contributed by atoms with Gasteiger partial charge in [-0.3, -0.25) is 14.8 Å². The number of carbonyl (C=O) groups is 1. The van der Waals surface area contributed by atoms with Gasteiger partial charge in [0, 0.05) is 17.7 Å². The fourth-order valence-corrected chi connectivity index (χ4v) is 2.55. The SMILES string of the molecule is CCOC(=O)c1cc(-c2ccccc2)nn1Cc1ccc([N+](=O)[O-])cc1. The van der Waals surface area contributed by atoms with E-state index in [4.69, 9.17) is 4.74 Å². The number of nitrogens with zero attached hydrogens (tertiary/aromatic N) is 3. The molecule has 0 aliphatic heterocycles. The molecule has 0 unspecified atom stereocenters. The van der Waals surface area contributed by atoms with Crippen molar-refractivity contribution in [1.82, 2.24) is 9.78 Å². The van der Waals surface area contributed by atoms with Crippen molar-refractivity contribution in [2.45, 2.75) is 13.5 Å². The lowest BCUT2D eigenvalue weighted by Gasteiger charge is -2.07. The summed E-state index contributed by atoms with van der Waals surface area (Å²) < 4.78 is 6.67. The molecule has 1 heterocycles. The topological polar surface area (TPSA) is 87.3 Å². The van der Waals surface area contributed by atoms with Crippen LogP contribution in [0.15, 0.2) is 60.7 Å². The van der Waals surface area contributed by atoms with Gasteiger partial charge in [0.05, 0.1) is 23.8 Å². The molecular formula is C19H17N3O4. The number of aromatic nitrogens is 2. The Balaban J connectivity index is 1.94. The van der Waals surface area contributed by atoms with Gasteiger partial charge in [0.25, 0.3) is 5.69 Å². The summed E-state index contributed by atoms with van der Waals surface area (Å²) in [5.41, 5.74) is 2.70. The highest BCUT2D eigenvalue weighted by atomic mass is 16.6. The second-order valence-corrected chi connectivity index (χ2v) is 5.58. The summed E-state index contributed by atoms with van der Waals surface area (Å²) in [6, 6.07) is 17.4. The fourth-order valence-electron chi connectivity index (χ4n) is 2.55. The Morgan fingerprint density at radius 1 is 1.15 bits per heavy atom. The number of esters is 1. The monoisotopic (exact) mass is 351 g/mol. The summed E-state index contributed by atoms with van der Waals surface area (Å²) in [7, 11) is 0. The molecule has 2 aromatic carbocycles. The van der Waals surface area contributed by atoms with Gasteiger partial charge >= 0.3 is 5.97 Å². The molecule has 7 nitrogen and oxygen atoms in total. The van der Waals surface area contributed by atoms with Gasteiger partial charge in [-0.05, 0) is 18.6 Å². The van der Waals surface area contributed by atoms with Crippen LogP contribution in [0, 0.1) is 10.1 Å². The highest BCUT2D eigenvalue weighted by Crippen LogP contribution is 2.21. The molecule has 0 saturated carbocycles. The molecule has 0 radical (unpaired) electrons. The molecule has 0 saturated heterocycles. The number of rotatable bonds is 6. The minimum absolute atomic E-state index is 0.0183. The molecule has 0 spiro atoms. The number of nitro groups is 1. The van der Waals surface area contributed by atoms with Crippen molar-refractivity contribution in [3.05, 3.63) is 82.0 Å². The minimum Gasteiger partial charge on any atom is -0.461 e. The van der Waals surface area contributed by atoms with Gasteiger partial charge in [-0.25, -0.2) is 4.79 Å². The van der Waals surface area contributed by atoms with E-state index < -0.39 is 10.9 Å². The van der Waals surface area contributed by atoms with Crippen LogP contribution in [0.25, 0.3) is 11.3 Å². The van der Waals surface area contributed by atoms with E-state index in [0.29, 0.717) is 17.9 Å². The van der Waals surface area contributed by atoms with E-state index in [0.717, 1.165) is 11.1 Å². The van der Waals surface area contributed by atoms with E-state index in [1.807, 2.05) is 30.3 Å². The summed E-state index contributed by atoms with van der Waals surface area (Å²) in [5.74, 6) is -0.455. The largest absolute Gasteiger partial charge is 0.461 e. The van der Waals surface area contributed by atoms with Gasteiger partial charge < -0.3 is 4.74 Å². The van der Waals surface area contributed by atoms with Gasteiger partial charge in [0.2, 0.25) is 0 Å². The lowest BCUT2D eigenvalue weighted by atomic mass is 10.1. The molecule has 7 heteroatoms. The second kappa shape index (κ2) is 7.60. The van der Waals surface area contributed by atoms with Gasteiger partial charge in [0.1, 0.15) is 5.69 Å². The van der Waals surface area contributed by atoms with Crippen LogP contribution in [0.1, 0.15) is 23.0 Å². The number of hydrogen-bond donors (Lipinski definition) is 0. The number of benzene rings is 2. The molecule has 132 valence electrons. The van der Waals surface area contributed by atoms with Gasteiger partial charge in [-0.2, -0.15) is 5.10 Å². The maximum absolute atomic E-state index is 12.3.